The van der Waals surface area contributed by atoms with Crippen LogP contribution in [0, 0.1) is 0 Å². The number of hydrogen-bond acceptors (Lipinski definition) is 5. The van der Waals surface area contributed by atoms with Crippen molar-refractivity contribution >= 4 is 21.6 Å². The molecule has 1 aromatic carbocycles. The first-order valence-electron chi connectivity index (χ1n) is 9.98. The Morgan fingerprint density at radius 1 is 0.966 bits per heavy atom. The maximum atomic E-state index is 12.8. The Kier molecular flexibility index (Phi) is 4.32. The van der Waals surface area contributed by atoms with Gasteiger partial charge in [0.15, 0.2) is 0 Å². The van der Waals surface area contributed by atoms with Gasteiger partial charge in [-0.05, 0) is 60.9 Å². The zero-order valence-corrected chi connectivity index (χ0v) is 16.8. The van der Waals surface area contributed by atoms with E-state index in [9.17, 15) is 18.0 Å². The third-order valence-corrected chi connectivity index (χ3v) is 7.42. The Bertz CT molecular complexity index is 1190. The molecule has 1 amide bonds. The Morgan fingerprint density at radius 3 is 2.59 bits per heavy atom. The minimum Gasteiger partial charge on any atom is -0.312 e. The molecule has 0 bridgehead atoms. The summed E-state index contributed by atoms with van der Waals surface area (Å²) < 4.78 is 29.6. The summed E-state index contributed by atoms with van der Waals surface area (Å²) in [6, 6.07) is 4.95. The molecule has 1 N–H and O–H groups in total. The van der Waals surface area contributed by atoms with Crippen LogP contribution >= 0.6 is 0 Å². The van der Waals surface area contributed by atoms with Crippen LogP contribution in [0.2, 0.25) is 0 Å². The molecule has 1 aliphatic carbocycles. The van der Waals surface area contributed by atoms with E-state index in [1.165, 1.54) is 4.68 Å². The molecule has 3 aliphatic rings. The number of benzene rings is 1. The van der Waals surface area contributed by atoms with Gasteiger partial charge < -0.3 is 4.90 Å². The summed E-state index contributed by atoms with van der Waals surface area (Å²) in [4.78, 5) is 26.2. The second-order valence-corrected chi connectivity index (χ2v) is 9.58. The first-order valence-corrected chi connectivity index (χ1v) is 11.5. The van der Waals surface area contributed by atoms with E-state index in [1.54, 1.807) is 23.1 Å². The maximum absolute atomic E-state index is 12.8. The van der Waals surface area contributed by atoms with Crippen LogP contribution in [0.5, 0.6) is 0 Å². The lowest BCUT2D eigenvalue weighted by Gasteiger charge is -2.25. The standard InChI is InChI=1S/C20H22N4O4S/c25-18-5-4-14-10-16(11-15-6-8-23(18)20(14)15)29(27,28)21-7-9-24-19(26)12-13-2-1-3-17(13)22-24/h10-12,21H,1-9H2. The quantitative estimate of drug-likeness (QED) is 0.770. The van der Waals surface area contributed by atoms with Crippen LogP contribution in [-0.2, 0) is 47.0 Å². The molecule has 29 heavy (non-hydrogen) atoms. The smallest absolute Gasteiger partial charge is 0.267 e. The predicted octanol–water partition coefficient (Wildman–Crippen LogP) is 0.546. The molecule has 0 spiro atoms. The minimum absolute atomic E-state index is 0.0883. The number of carbonyl (C=O) groups is 1. The SMILES string of the molecule is O=C1CCc2cc(S(=O)(=O)NCCn3nc4c(cc3=O)CCC4)cc3c2N1CC3. The molecule has 5 rings (SSSR count). The molecule has 0 atom stereocenters. The number of aryl methyl sites for hydroxylation is 3. The van der Waals surface area contributed by atoms with Gasteiger partial charge in [-0.15, -0.1) is 0 Å². The topological polar surface area (TPSA) is 101 Å². The number of anilines is 1. The largest absolute Gasteiger partial charge is 0.312 e. The van der Waals surface area contributed by atoms with Gasteiger partial charge in [-0.1, -0.05) is 0 Å². The molecule has 0 unspecified atom stereocenters. The van der Waals surface area contributed by atoms with E-state index in [1.807, 2.05) is 0 Å². The van der Waals surface area contributed by atoms with Crippen molar-refractivity contribution < 1.29 is 13.2 Å². The van der Waals surface area contributed by atoms with Crippen LogP contribution < -0.4 is 15.2 Å². The number of rotatable bonds is 5. The van der Waals surface area contributed by atoms with Crippen LogP contribution in [0.25, 0.3) is 0 Å². The predicted molar refractivity (Wildman–Crippen MR) is 107 cm³/mol. The Hall–Kier alpha value is -2.52. The molecule has 2 aromatic rings. The van der Waals surface area contributed by atoms with Gasteiger partial charge in [0, 0.05) is 25.6 Å². The fourth-order valence-electron chi connectivity index (χ4n) is 4.55. The van der Waals surface area contributed by atoms with Crippen molar-refractivity contribution in [1.29, 1.82) is 0 Å². The number of carbonyl (C=O) groups excluding carboxylic acids is 1. The van der Waals surface area contributed by atoms with Crippen molar-refractivity contribution in [3.63, 3.8) is 0 Å². The van der Waals surface area contributed by atoms with Crippen molar-refractivity contribution in [3.8, 4) is 0 Å². The summed E-state index contributed by atoms with van der Waals surface area (Å²) >= 11 is 0. The highest BCUT2D eigenvalue weighted by Crippen LogP contribution is 2.38. The molecule has 0 saturated carbocycles. The number of aromatic nitrogens is 2. The van der Waals surface area contributed by atoms with Crippen LogP contribution in [0.3, 0.4) is 0 Å². The lowest BCUT2D eigenvalue weighted by atomic mass is 10.00. The molecule has 9 heteroatoms. The van der Waals surface area contributed by atoms with E-state index in [4.69, 9.17) is 0 Å². The van der Waals surface area contributed by atoms with Gasteiger partial charge in [0.25, 0.3) is 5.56 Å². The summed E-state index contributed by atoms with van der Waals surface area (Å²) in [7, 11) is -3.71. The average Bonchev–Trinajstić information content (AvgIpc) is 3.32. The normalized spacial score (nSPS) is 17.5. The van der Waals surface area contributed by atoms with Crippen LogP contribution in [0.4, 0.5) is 5.69 Å². The molecular weight excluding hydrogens is 392 g/mol. The third-order valence-electron chi connectivity index (χ3n) is 5.98. The van der Waals surface area contributed by atoms with Crippen LogP contribution in [-0.4, -0.2) is 37.2 Å². The lowest BCUT2D eigenvalue weighted by Crippen LogP contribution is -2.33. The van der Waals surface area contributed by atoms with Crippen LogP contribution in [0.15, 0.2) is 27.9 Å². The highest BCUT2D eigenvalue weighted by molar-refractivity contribution is 7.89. The molecule has 152 valence electrons. The van der Waals surface area contributed by atoms with Gasteiger partial charge in [-0.2, -0.15) is 5.10 Å². The Morgan fingerprint density at radius 2 is 1.76 bits per heavy atom. The van der Waals surface area contributed by atoms with Gasteiger partial charge in [0.2, 0.25) is 15.9 Å². The molecule has 0 radical (unpaired) electrons. The molecule has 1 aromatic heterocycles. The van der Waals surface area contributed by atoms with Gasteiger partial charge in [0.05, 0.1) is 22.8 Å². The number of fused-ring (bicyclic) bond motifs is 1. The zero-order chi connectivity index (χ0) is 20.2. The van der Waals surface area contributed by atoms with Crippen molar-refractivity contribution in [2.45, 2.75) is 50.0 Å². The molecule has 3 heterocycles. The van der Waals surface area contributed by atoms with Gasteiger partial charge in [0.1, 0.15) is 0 Å². The lowest BCUT2D eigenvalue weighted by molar-refractivity contribution is -0.118. The molecule has 0 fully saturated rings. The van der Waals surface area contributed by atoms with Crippen LogP contribution in [0.1, 0.15) is 35.2 Å². The number of amides is 1. The Labute approximate surface area is 168 Å². The van der Waals surface area contributed by atoms with E-state index in [-0.39, 0.29) is 29.5 Å². The minimum atomic E-state index is -3.71. The van der Waals surface area contributed by atoms with Crippen molar-refractivity contribution in [2.24, 2.45) is 0 Å². The summed E-state index contributed by atoms with van der Waals surface area (Å²) in [5.41, 5.74) is 4.46. The third kappa shape index (κ3) is 3.18. The number of nitrogens with one attached hydrogen (secondary N) is 1. The summed E-state index contributed by atoms with van der Waals surface area (Å²) in [5.74, 6) is 0.109. The molecule has 8 nitrogen and oxygen atoms in total. The number of nitrogens with zero attached hydrogens (tertiary/aromatic N) is 3. The van der Waals surface area contributed by atoms with E-state index in [0.717, 1.165) is 47.3 Å². The van der Waals surface area contributed by atoms with E-state index in [0.29, 0.717) is 25.8 Å². The molecular formula is C20H22N4O4S. The highest BCUT2D eigenvalue weighted by Gasteiger charge is 2.32. The van der Waals surface area contributed by atoms with Gasteiger partial charge in [-0.3, -0.25) is 9.59 Å². The summed E-state index contributed by atoms with van der Waals surface area (Å²) in [6.07, 6.45) is 4.40. The van der Waals surface area contributed by atoms with Crippen molar-refractivity contribution in [3.05, 3.63) is 50.9 Å². The zero-order valence-electron chi connectivity index (χ0n) is 16.0. The monoisotopic (exact) mass is 414 g/mol. The van der Waals surface area contributed by atoms with E-state index in [2.05, 4.69) is 9.82 Å². The maximum Gasteiger partial charge on any atom is 0.267 e. The summed E-state index contributed by atoms with van der Waals surface area (Å²) in [5, 5.41) is 4.37. The highest BCUT2D eigenvalue weighted by atomic mass is 32.2. The average molecular weight is 414 g/mol. The van der Waals surface area contributed by atoms with Crippen molar-refractivity contribution in [2.75, 3.05) is 18.0 Å². The summed E-state index contributed by atoms with van der Waals surface area (Å²) in [6.45, 7) is 0.890. The molecule has 0 saturated heterocycles. The van der Waals surface area contributed by atoms with E-state index < -0.39 is 10.0 Å². The van der Waals surface area contributed by atoms with Gasteiger partial charge in [-0.25, -0.2) is 17.8 Å². The fourth-order valence-corrected chi connectivity index (χ4v) is 5.67. The number of sulfonamides is 1. The molecule has 2 aliphatic heterocycles. The van der Waals surface area contributed by atoms with Crippen molar-refractivity contribution in [1.82, 2.24) is 14.5 Å². The number of hydrogen-bond donors (Lipinski definition) is 1. The first kappa shape index (κ1) is 18.5. The van der Waals surface area contributed by atoms with E-state index >= 15 is 0 Å². The van der Waals surface area contributed by atoms with Gasteiger partial charge >= 0.3 is 0 Å². The fraction of sp³-hybridized carbons (Fsp3) is 0.450. The second kappa shape index (κ2) is 6.77. The second-order valence-electron chi connectivity index (χ2n) is 7.81. The Balaban J connectivity index is 1.34. The first-order chi connectivity index (χ1) is 13.9.